The Labute approximate surface area is 273 Å². The Hall–Kier alpha value is -5.09. The molecule has 2 aliphatic rings. The fourth-order valence-electron chi connectivity index (χ4n) is 6.74. The number of hydrogen-bond donors (Lipinski definition) is 4. The van der Waals surface area contributed by atoms with Crippen molar-refractivity contribution >= 4 is 16.7 Å². The molecule has 0 unspecified atom stereocenters. The van der Waals surface area contributed by atoms with Gasteiger partial charge in [0.25, 0.3) is 0 Å². The second-order valence-corrected chi connectivity index (χ2v) is 12.4. The smallest absolute Gasteiger partial charge is 0.244 e. The Morgan fingerprint density at radius 1 is 0.809 bits per heavy atom. The number of nitrogens with zero attached hydrogens (tertiary/aromatic N) is 3. The van der Waals surface area contributed by atoms with Crippen molar-refractivity contribution in [3.63, 3.8) is 0 Å². The summed E-state index contributed by atoms with van der Waals surface area (Å²) < 4.78 is 5.76. The van der Waals surface area contributed by atoms with Crippen LogP contribution in [-0.2, 0) is 9.53 Å². The molecule has 2 fully saturated rings. The van der Waals surface area contributed by atoms with Crippen LogP contribution in [0.25, 0.3) is 44.4 Å². The summed E-state index contributed by atoms with van der Waals surface area (Å²) in [6, 6.07) is 30.3. The molecule has 8 rings (SSSR count). The monoisotopic (exact) mass is 623 g/mol. The molecule has 2 aromatic heterocycles. The average Bonchev–Trinajstić information content (AvgIpc) is 3.94. The van der Waals surface area contributed by atoms with Crippen molar-refractivity contribution in [2.24, 2.45) is 5.73 Å². The Morgan fingerprint density at radius 2 is 1.47 bits per heavy atom. The summed E-state index contributed by atoms with van der Waals surface area (Å²) in [6.45, 7) is 2.35. The van der Waals surface area contributed by atoms with Crippen molar-refractivity contribution in [1.29, 1.82) is 0 Å². The molecule has 4 heterocycles. The molecule has 9 nitrogen and oxygen atoms in total. The minimum absolute atomic E-state index is 0.134. The van der Waals surface area contributed by atoms with Gasteiger partial charge < -0.3 is 30.7 Å². The number of aromatic nitrogens is 4. The Morgan fingerprint density at radius 3 is 2.23 bits per heavy atom. The number of benzene rings is 4. The number of H-pyrrole nitrogens is 2. The van der Waals surface area contributed by atoms with Gasteiger partial charge in [-0.05, 0) is 64.5 Å². The maximum Gasteiger partial charge on any atom is 0.244 e. The number of morpholine rings is 1. The van der Waals surface area contributed by atoms with Crippen LogP contribution in [-0.4, -0.2) is 57.0 Å². The van der Waals surface area contributed by atoms with E-state index >= 15 is 0 Å². The Balaban J connectivity index is 0.978. The SMILES string of the molecule is N[C@@H](C(=O)N1CCOC[C@H]1c1ncc(-c2ccc(-c3ccc4cc(-c5cnc([C@@H]6CCCN6)[nH]5)ccc4c3)cc2)[nH]1)c1ccccc1. The lowest BCUT2D eigenvalue weighted by Gasteiger charge is -2.36. The number of nitrogens with two attached hydrogens (primary N) is 1. The van der Waals surface area contributed by atoms with Crippen molar-refractivity contribution in [3.8, 4) is 33.6 Å². The number of carbonyl (C=O) groups is 1. The first-order valence-electron chi connectivity index (χ1n) is 16.3. The largest absolute Gasteiger partial charge is 0.377 e. The predicted octanol–water partition coefficient (Wildman–Crippen LogP) is 6.31. The third-order valence-corrected chi connectivity index (χ3v) is 9.41. The van der Waals surface area contributed by atoms with Crippen LogP contribution in [0, 0.1) is 0 Å². The number of hydrogen-bond acceptors (Lipinski definition) is 6. The molecule has 47 heavy (non-hydrogen) atoms. The second kappa shape index (κ2) is 12.6. The molecule has 0 spiro atoms. The van der Waals surface area contributed by atoms with E-state index in [1.165, 1.54) is 17.2 Å². The summed E-state index contributed by atoms with van der Waals surface area (Å²) >= 11 is 0. The highest BCUT2D eigenvalue weighted by atomic mass is 16.5. The van der Waals surface area contributed by atoms with Crippen LogP contribution in [0.2, 0.25) is 0 Å². The number of aromatic amines is 2. The van der Waals surface area contributed by atoms with E-state index < -0.39 is 6.04 Å². The van der Waals surface area contributed by atoms with Crippen molar-refractivity contribution in [2.75, 3.05) is 26.3 Å². The van der Waals surface area contributed by atoms with Crippen molar-refractivity contribution in [3.05, 3.63) is 121 Å². The molecule has 236 valence electrons. The first-order chi connectivity index (χ1) is 23.1. The quantitative estimate of drug-likeness (QED) is 0.165. The van der Waals surface area contributed by atoms with Crippen LogP contribution in [0.4, 0.5) is 0 Å². The molecular formula is C38H37N7O2. The number of amides is 1. The molecule has 2 saturated heterocycles. The molecule has 4 aromatic carbocycles. The van der Waals surface area contributed by atoms with E-state index in [-0.39, 0.29) is 11.9 Å². The third-order valence-electron chi connectivity index (χ3n) is 9.41. The van der Waals surface area contributed by atoms with Crippen molar-refractivity contribution in [2.45, 2.75) is 31.0 Å². The summed E-state index contributed by atoms with van der Waals surface area (Å²) in [6.07, 6.45) is 6.07. The van der Waals surface area contributed by atoms with Gasteiger partial charge in [-0.15, -0.1) is 0 Å². The standard InChI is InChI=1S/C38H37N7O2/c39-35(26-5-2-1-3-6-26)38(46)45-17-18-47-23-34(45)37-42-21-32(44-37)25-10-8-24(9-11-25)27-12-13-29-20-30(15-14-28(29)19-27)33-22-41-36(43-33)31-7-4-16-40-31/h1-3,5-6,8-15,19-22,31,34-35,40H,4,7,16-18,23,39H2,(H,41,43)(H,42,44)/t31-,34-,35+/m0/s1. The Kier molecular flexibility index (Phi) is 7.86. The van der Waals surface area contributed by atoms with Crippen LogP contribution in [0.5, 0.6) is 0 Å². The highest BCUT2D eigenvalue weighted by Crippen LogP contribution is 2.32. The zero-order valence-corrected chi connectivity index (χ0v) is 26.0. The van der Waals surface area contributed by atoms with Gasteiger partial charge in [-0.1, -0.05) is 78.9 Å². The van der Waals surface area contributed by atoms with Crippen LogP contribution in [0.3, 0.4) is 0 Å². The lowest BCUT2D eigenvalue weighted by Crippen LogP contribution is -2.47. The van der Waals surface area contributed by atoms with E-state index in [2.05, 4.69) is 85.9 Å². The maximum atomic E-state index is 13.4. The van der Waals surface area contributed by atoms with Gasteiger partial charge in [-0.2, -0.15) is 0 Å². The zero-order chi connectivity index (χ0) is 31.7. The first-order valence-corrected chi connectivity index (χ1v) is 16.3. The summed E-state index contributed by atoms with van der Waals surface area (Å²) in [5.41, 5.74) is 13.5. The highest BCUT2D eigenvalue weighted by molar-refractivity contribution is 5.90. The second-order valence-electron chi connectivity index (χ2n) is 12.4. The first kappa shape index (κ1) is 29.3. The summed E-state index contributed by atoms with van der Waals surface area (Å²) in [5, 5.41) is 5.88. The van der Waals surface area contributed by atoms with E-state index in [1.807, 2.05) is 42.7 Å². The lowest BCUT2D eigenvalue weighted by molar-refractivity contribution is -0.142. The third kappa shape index (κ3) is 5.85. The molecule has 3 atom stereocenters. The minimum Gasteiger partial charge on any atom is -0.377 e. The fraction of sp³-hybridized carbons (Fsp3) is 0.237. The van der Waals surface area contributed by atoms with Gasteiger partial charge in [0, 0.05) is 12.1 Å². The van der Waals surface area contributed by atoms with Gasteiger partial charge in [-0.3, -0.25) is 4.79 Å². The maximum absolute atomic E-state index is 13.4. The number of carbonyl (C=O) groups excluding carboxylic acids is 1. The van der Waals surface area contributed by atoms with Crippen LogP contribution < -0.4 is 11.1 Å². The Bertz CT molecular complexity index is 2010. The molecule has 9 heteroatoms. The number of imidazole rings is 2. The number of nitrogens with one attached hydrogen (secondary N) is 3. The molecule has 5 N–H and O–H groups in total. The average molecular weight is 624 g/mol. The molecule has 6 aromatic rings. The lowest BCUT2D eigenvalue weighted by atomic mass is 9.98. The molecule has 1 amide bonds. The molecule has 0 saturated carbocycles. The topological polar surface area (TPSA) is 125 Å². The van der Waals surface area contributed by atoms with E-state index in [9.17, 15) is 4.79 Å². The van der Waals surface area contributed by atoms with Gasteiger partial charge in [0.1, 0.15) is 23.7 Å². The normalized spacial score (nSPS) is 18.9. The van der Waals surface area contributed by atoms with Gasteiger partial charge in [0.2, 0.25) is 5.91 Å². The summed E-state index contributed by atoms with van der Waals surface area (Å²) in [4.78, 5) is 31.5. The minimum atomic E-state index is -0.737. The molecule has 0 bridgehead atoms. The van der Waals surface area contributed by atoms with Crippen LogP contribution in [0.15, 0.2) is 103 Å². The van der Waals surface area contributed by atoms with E-state index in [0.717, 1.165) is 58.0 Å². The summed E-state index contributed by atoms with van der Waals surface area (Å²) in [7, 11) is 0. The number of rotatable bonds is 7. The van der Waals surface area contributed by atoms with Gasteiger partial charge in [-0.25, -0.2) is 9.97 Å². The van der Waals surface area contributed by atoms with E-state index in [4.69, 9.17) is 10.5 Å². The predicted molar refractivity (Wildman–Crippen MR) is 183 cm³/mol. The fourth-order valence-corrected chi connectivity index (χ4v) is 6.74. The zero-order valence-electron chi connectivity index (χ0n) is 26.0. The molecular weight excluding hydrogens is 586 g/mol. The molecule has 2 aliphatic heterocycles. The van der Waals surface area contributed by atoms with Crippen LogP contribution >= 0.6 is 0 Å². The van der Waals surface area contributed by atoms with Crippen molar-refractivity contribution in [1.82, 2.24) is 30.2 Å². The van der Waals surface area contributed by atoms with E-state index in [1.54, 1.807) is 4.90 Å². The summed E-state index contributed by atoms with van der Waals surface area (Å²) in [5.74, 6) is 1.57. The number of ether oxygens (including phenoxy) is 1. The van der Waals surface area contributed by atoms with E-state index in [0.29, 0.717) is 31.6 Å². The van der Waals surface area contributed by atoms with Gasteiger partial charge in [0.05, 0.1) is 43.0 Å². The molecule has 0 aliphatic carbocycles. The van der Waals surface area contributed by atoms with Gasteiger partial charge in [0.15, 0.2) is 0 Å². The number of fused-ring (bicyclic) bond motifs is 1. The molecule has 0 radical (unpaired) electrons. The van der Waals surface area contributed by atoms with Gasteiger partial charge >= 0.3 is 0 Å². The van der Waals surface area contributed by atoms with Crippen molar-refractivity contribution < 1.29 is 9.53 Å². The highest BCUT2D eigenvalue weighted by Gasteiger charge is 2.34. The van der Waals surface area contributed by atoms with Crippen LogP contribution in [0.1, 0.15) is 48.2 Å².